The molecule has 0 saturated heterocycles. The van der Waals surface area contributed by atoms with Gasteiger partial charge in [-0.05, 0) is 0 Å². The number of nitrogens with one attached hydrogen (secondary N) is 1. The monoisotopic (exact) mass is 97.0 g/mol. The molecule has 0 amide bonds. The van der Waals surface area contributed by atoms with Crippen molar-refractivity contribution in [2.75, 3.05) is 6.26 Å². The van der Waals surface area contributed by atoms with Gasteiger partial charge in [0, 0.05) is 6.26 Å². The van der Waals surface area contributed by atoms with Gasteiger partial charge in [-0.2, -0.15) is 0 Å². The zero-order valence-corrected chi connectivity index (χ0v) is 3.51. The van der Waals surface area contributed by atoms with E-state index in [0.29, 0.717) is 6.26 Å². The van der Waals surface area contributed by atoms with Crippen molar-refractivity contribution in [1.82, 2.24) is 0 Å². The molecule has 1 atom stereocenters. The lowest BCUT2D eigenvalue weighted by molar-refractivity contribution is 0.642. The first-order chi connectivity index (χ1) is 2.00. The quantitative estimate of drug-likeness (QED) is 0.440. The molecule has 2 nitrogen and oxygen atoms in total. The highest BCUT2D eigenvalue weighted by Gasteiger charge is 1.79. The van der Waals surface area contributed by atoms with Gasteiger partial charge < -0.3 is 0 Å². The third-order valence-electron chi connectivity index (χ3n) is 0. The topological polar surface area (TPSA) is 40.9 Å². The maximum atomic E-state index is 10.9. The molecule has 5 heavy (non-hydrogen) atoms. The van der Waals surface area contributed by atoms with Crippen molar-refractivity contribution in [1.29, 1.82) is 4.78 Å². The third kappa shape index (κ3) is 952. The molecule has 0 aromatic heterocycles. The van der Waals surface area contributed by atoms with E-state index in [0.717, 1.165) is 0 Å². The molecule has 0 saturated carbocycles. The zero-order valence-electron chi connectivity index (χ0n) is 2.69. The van der Waals surface area contributed by atoms with Crippen molar-refractivity contribution in [3.8, 4) is 0 Å². The van der Waals surface area contributed by atoms with E-state index in [4.69, 9.17) is 4.78 Å². The average Bonchev–Trinajstić information content (AvgIpc) is 0.722. The fourth-order valence-electron chi connectivity index (χ4n) is 0. The van der Waals surface area contributed by atoms with Crippen molar-refractivity contribution >= 4 is 10.1 Å². The second kappa shape index (κ2) is 0.931. The van der Waals surface area contributed by atoms with Crippen LogP contribution in [-0.4, -0.2) is 10.5 Å². The van der Waals surface area contributed by atoms with Crippen LogP contribution in [0.2, 0.25) is 0 Å². The van der Waals surface area contributed by atoms with Crippen LogP contribution in [0.3, 0.4) is 0 Å². The summed E-state index contributed by atoms with van der Waals surface area (Å²) in [5, 5.41) is 0. The molecule has 0 fully saturated rings. The van der Waals surface area contributed by atoms with Gasteiger partial charge in [0.05, 0.1) is 0 Å². The Morgan fingerprint density at radius 3 is 2.00 bits per heavy atom. The van der Waals surface area contributed by atoms with Gasteiger partial charge in [0.25, 0.3) is 0 Å². The van der Waals surface area contributed by atoms with Gasteiger partial charge in [0.1, 0.15) is 0 Å². The Kier molecular flexibility index (Phi) is 0.908. The second-order valence-corrected chi connectivity index (χ2v) is 2.25. The molecule has 4 heteroatoms. The summed E-state index contributed by atoms with van der Waals surface area (Å²) in [5.41, 5.74) is 0. The second-order valence-electron chi connectivity index (χ2n) is 0.749. The molecule has 1 unspecified atom stereocenters. The van der Waals surface area contributed by atoms with E-state index in [-0.39, 0.29) is 0 Å². The first kappa shape index (κ1) is 4.88. The van der Waals surface area contributed by atoms with Crippen LogP contribution in [0.4, 0.5) is 3.89 Å². The standard InChI is InChI=1S/CH4FNOS/c1-5(2,3)4/h3H,1H3. The zero-order chi connectivity index (χ0) is 4.50. The first-order valence-corrected chi connectivity index (χ1v) is 2.80. The van der Waals surface area contributed by atoms with Crippen LogP contribution in [-0.2, 0) is 10.1 Å². The SMILES string of the molecule is CS(=N)(=O)F. The summed E-state index contributed by atoms with van der Waals surface area (Å²) < 4.78 is 25.9. The summed E-state index contributed by atoms with van der Waals surface area (Å²) in [4.78, 5) is 0. The molecule has 1 N–H and O–H groups in total. The number of hydrogen-bond donors (Lipinski definition) is 1. The van der Waals surface area contributed by atoms with Gasteiger partial charge in [-0.25, -0.2) is 8.99 Å². The molecule has 0 rings (SSSR count). The predicted octanol–water partition coefficient (Wildman–Crippen LogP) is 0.547. The van der Waals surface area contributed by atoms with E-state index in [2.05, 4.69) is 0 Å². The Morgan fingerprint density at radius 1 is 2.00 bits per heavy atom. The summed E-state index contributed by atoms with van der Waals surface area (Å²) in [6.45, 7) is 0. The highest BCUT2D eigenvalue weighted by molar-refractivity contribution is 7.86. The Morgan fingerprint density at radius 2 is 2.00 bits per heavy atom. The van der Waals surface area contributed by atoms with E-state index in [9.17, 15) is 8.09 Å². The number of hydrogen-bond acceptors (Lipinski definition) is 2. The van der Waals surface area contributed by atoms with E-state index >= 15 is 0 Å². The van der Waals surface area contributed by atoms with Gasteiger partial charge in [0.2, 0.25) is 0 Å². The van der Waals surface area contributed by atoms with E-state index in [1.165, 1.54) is 0 Å². The van der Waals surface area contributed by atoms with E-state index < -0.39 is 10.1 Å². The first-order valence-electron chi connectivity index (χ1n) is 0.933. The minimum Gasteiger partial charge on any atom is -0.227 e. The molecule has 0 aliphatic carbocycles. The van der Waals surface area contributed by atoms with Crippen LogP contribution in [0.25, 0.3) is 0 Å². The van der Waals surface area contributed by atoms with Crippen LogP contribution in [0.5, 0.6) is 0 Å². The smallest absolute Gasteiger partial charge is 0.196 e. The summed E-state index contributed by atoms with van der Waals surface area (Å²) in [6.07, 6.45) is 0.715. The van der Waals surface area contributed by atoms with Crippen LogP contribution < -0.4 is 0 Å². The van der Waals surface area contributed by atoms with Crippen LogP contribution >= 0.6 is 0 Å². The van der Waals surface area contributed by atoms with Crippen molar-refractivity contribution in [2.45, 2.75) is 0 Å². The van der Waals surface area contributed by atoms with Gasteiger partial charge in [-0.1, -0.05) is 0 Å². The molecule has 0 bridgehead atoms. The van der Waals surface area contributed by atoms with Crippen molar-refractivity contribution in [3.63, 3.8) is 0 Å². The Bertz CT molecular complexity index is 94.8. The van der Waals surface area contributed by atoms with Crippen molar-refractivity contribution in [2.24, 2.45) is 0 Å². The highest BCUT2D eigenvalue weighted by Crippen LogP contribution is 1.78. The normalized spacial score (nSPS) is 21.2. The van der Waals surface area contributed by atoms with Gasteiger partial charge in [0.15, 0.2) is 10.1 Å². The van der Waals surface area contributed by atoms with Gasteiger partial charge in [-0.15, -0.1) is 3.89 Å². The summed E-state index contributed by atoms with van der Waals surface area (Å²) in [6, 6.07) is 0. The molecule has 0 aliphatic rings. The Labute approximate surface area is 30.3 Å². The number of halogens is 1. The van der Waals surface area contributed by atoms with E-state index in [1.807, 2.05) is 0 Å². The average molecular weight is 97.1 g/mol. The molecule has 0 radical (unpaired) electrons. The molecular formula is CH4FNOS. The highest BCUT2D eigenvalue weighted by atomic mass is 32.3. The van der Waals surface area contributed by atoms with Crippen LogP contribution in [0, 0.1) is 4.78 Å². The number of rotatable bonds is 0. The van der Waals surface area contributed by atoms with E-state index in [1.54, 1.807) is 0 Å². The van der Waals surface area contributed by atoms with Crippen molar-refractivity contribution < 1.29 is 8.09 Å². The maximum absolute atomic E-state index is 10.9. The summed E-state index contributed by atoms with van der Waals surface area (Å²) >= 11 is 0. The third-order valence-corrected chi connectivity index (χ3v) is 0. The largest absolute Gasteiger partial charge is 0.227 e. The Hall–Kier alpha value is -0.120. The molecule has 0 heterocycles. The lowest BCUT2D eigenvalue weighted by atomic mass is 12.0. The molecular weight excluding hydrogens is 93.1 g/mol. The molecule has 0 aromatic carbocycles. The van der Waals surface area contributed by atoms with Crippen molar-refractivity contribution in [3.05, 3.63) is 0 Å². The fourth-order valence-corrected chi connectivity index (χ4v) is 0. The maximum Gasteiger partial charge on any atom is 0.196 e. The van der Waals surface area contributed by atoms with Gasteiger partial charge in [-0.3, -0.25) is 0 Å². The minimum absolute atomic E-state index is 0.715. The van der Waals surface area contributed by atoms with Crippen LogP contribution in [0.1, 0.15) is 0 Å². The lowest BCUT2D eigenvalue weighted by Crippen LogP contribution is -1.74. The fraction of sp³-hybridized carbons (Fsp3) is 1.00. The molecule has 0 aromatic rings. The van der Waals surface area contributed by atoms with Crippen LogP contribution in [0.15, 0.2) is 0 Å². The minimum atomic E-state index is -3.67. The molecule has 0 aliphatic heterocycles. The lowest BCUT2D eigenvalue weighted by Gasteiger charge is -1.69. The predicted molar refractivity (Wildman–Crippen MR) is 17.9 cm³/mol. The summed E-state index contributed by atoms with van der Waals surface area (Å²) in [7, 11) is -3.67. The Balaban J connectivity index is 4.06. The van der Waals surface area contributed by atoms with Gasteiger partial charge >= 0.3 is 0 Å². The summed E-state index contributed by atoms with van der Waals surface area (Å²) in [5.74, 6) is 0. The molecule has 32 valence electrons. The molecule has 0 spiro atoms.